The lowest BCUT2D eigenvalue weighted by Gasteiger charge is -2.34. The minimum Gasteiger partial charge on any atom is -0.496 e. The molecule has 0 spiro atoms. The lowest BCUT2D eigenvalue weighted by molar-refractivity contribution is -1.02. The molecule has 1 amide bonds. The standard InChI is InChI=1S/C23H28FN3O2/c1-17(23(28)27-10-9-18-5-3-4-6-21(18)27)26-13-11-25(12-14-26)16-19-15-20(24)7-8-22(19)29-2/h3-8,15,17H,9-14,16H2,1-2H3/p+2/t17-/m0/s1. The van der Waals surface area contributed by atoms with E-state index < -0.39 is 0 Å². The van der Waals surface area contributed by atoms with E-state index in [-0.39, 0.29) is 17.8 Å². The van der Waals surface area contributed by atoms with Crippen molar-refractivity contribution in [2.75, 3.05) is 44.7 Å². The number of hydrogen-bond donors (Lipinski definition) is 2. The SMILES string of the molecule is COc1ccc(F)cc1C[NH+]1CC[NH+]([C@@H](C)C(=O)N2CCc3ccccc32)CC1. The monoisotopic (exact) mass is 399 g/mol. The number of amides is 1. The van der Waals surface area contributed by atoms with Crippen LogP contribution in [0.2, 0.25) is 0 Å². The second-order valence-corrected chi connectivity index (χ2v) is 8.13. The summed E-state index contributed by atoms with van der Waals surface area (Å²) in [6.45, 7) is 7.39. The van der Waals surface area contributed by atoms with Gasteiger partial charge >= 0.3 is 0 Å². The van der Waals surface area contributed by atoms with Crippen molar-refractivity contribution in [2.45, 2.75) is 25.9 Å². The molecule has 5 nitrogen and oxygen atoms in total. The Morgan fingerprint density at radius 1 is 1.17 bits per heavy atom. The molecule has 1 saturated heterocycles. The van der Waals surface area contributed by atoms with Crippen LogP contribution in [0.1, 0.15) is 18.1 Å². The highest BCUT2D eigenvalue weighted by atomic mass is 19.1. The molecule has 0 saturated carbocycles. The third-order valence-electron chi connectivity index (χ3n) is 6.42. The van der Waals surface area contributed by atoms with E-state index in [1.165, 1.54) is 21.4 Å². The molecular weight excluding hydrogens is 369 g/mol. The summed E-state index contributed by atoms with van der Waals surface area (Å²) in [5, 5.41) is 0. The van der Waals surface area contributed by atoms with E-state index >= 15 is 0 Å². The first-order valence-electron chi connectivity index (χ1n) is 10.5. The maximum atomic E-state index is 13.6. The molecule has 154 valence electrons. The topological polar surface area (TPSA) is 38.4 Å². The van der Waals surface area contributed by atoms with Gasteiger partial charge < -0.3 is 19.4 Å². The maximum absolute atomic E-state index is 13.6. The van der Waals surface area contributed by atoms with Crippen molar-refractivity contribution in [1.82, 2.24) is 0 Å². The number of nitrogens with zero attached hydrogens (tertiary/aromatic N) is 1. The van der Waals surface area contributed by atoms with Crippen molar-refractivity contribution in [2.24, 2.45) is 0 Å². The number of hydrogen-bond acceptors (Lipinski definition) is 2. The highest BCUT2D eigenvalue weighted by Crippen LogP contribution is 2.27. The van der Waals surface area contributed by atoms with Crippen LogP contribution in [0, 0.1) is 5.82 Å². The minimum atomic E-state index is -0.227. The van der Waals surface area contributed by atoms with Crippen molar-refractivity contribution >= 4 is 11.6 Å². The van der Waals surface area contributed by atoms with Crippen LogP contribution in [-0.4, -0.2) is 51.8 Å². The fourth-order valence-electron chi connectivity index (χ4n) is 4.66. The second kappa shape index (κ2) is 8.51. The summed E-state index contributed by atoms with van der Waals surface area (Å²) in [5.74, 6) is 0.736. The number of benzene rings is 2. The molecule has 0 bridgehead atoms. The van der Waals surface area contributed by atoms with E-state index in [0.717, 1.165) is 62.7 Å². The van der Waals surface area contributed by atoms with Gasteiger partial charge in [0.15, 0.2) is 6.04 Å². The molecule has 1 atom stereocenters. The molecule has 4 rings (SSSR count). The van der Waals surface area contributed by atoms with Gasteiger partial charge in [0.2, 0.25) is 0 Å². The Morgan fingerprint density at radius 2 is 1.93 bits per heavy atom. The molecule has 2 N–H and O–H groups in total. The van der Waals surface area contributed by atoms with Crippen LogP contribution >= 0.6 is 0 Å². The van der Waals surface area contributed by atoms with Gasteiger partial charge in [-0.25, -0.2) is 4.39 Å². The van der Waals surface area contributed by atoms with Crippen molar-refractivity contribution in [3.05, 3.63) is 59.4 Å². The zero-order valence-electron chi connectivity index (χ0n) is 17.2. The van der Waals surface area contributed by atoms with E-state index in [1.54, 1.807) is 19.2 Å². The van der Waals surface area contributed by atoms with Gasteiger partial charge in [0, 0.05) is 12.2 Å². The van der Waals surface area contributed by atoms with Crippen molar-refractivity contribution in [1.29, 1.82) is 0 Å². The molecule has 0 unspecified atom stereocenters. The number of ether oxygens (including phenoxy) is 1. The molecule has 2 aliphatic heterocycles. The molecule has 29 heavy (non-hydrogen) atoms. The van der Waals surface area contributed by atoms with Crippen molar-refractivity contribution in [3.8, 4) is 5.75 Å². The summed E-state index contributed by atoms with van der Waals surface area (Å²) < 4.78 is 19.0. The predicted octanol–water partition coefficient (Wildman–Crippen LogP) is 0.0955. The molecule has 0 aliphatic carbocycles. The van der Waals surface area contributed by atoms with Crippen molar-refractivity contribution < 1.29 is 23.7 Å². The molecule has 0 aromatic heterocycles. The number of piperazine rings is 1. The third-order valence-corrected chi connectivity index (χ3v) is 6.42. The summed E-state index contributed by atoms with van der Waals surface area (Å²) in [5.41, 5.74) is 3.25. The van der Waals surface area contributed by atoms with Gasteiger partial charge in [0.05, 0.1) is 12.7 Å². The summed E-state index contributed by atoms with van der Waals surface area (Å²) >= 11 is 0. The largest absolute Gasteiger partial charge is 0.496 e. The van der Waals surface area contributed by atoms with E-state index in [4.69, 9.17) is 4.74 Å². The average molecular weight is 400 g/mol. The normalized spacial score (nSPS) is 22.2. The lowest BCUT2D eigenvalue weighted by Crippen LogP contribution is -3.29. The molecule has 0 radical (unpaired) electrons. The molecule has 2 aromatic rings. The number of halogens is 1. The average Bonchev–Trinajstić information content (AvgIpc) is 3.17. The third kappa shape index (κ3) is 4.14. The van der Waals surface area contributed by atoms with E-state index in [9.17, 15) is 9.18 Å². The Labute approximate surface area is 171 Å². The number of methoxy groups -OCH3 is 1. The van der Waals surface area contributed by atoms with Gasteiger partial charge in [-0.1, -0.05) is 18.2 Å². The second-order valence-electron chi connectivity index (χ2n) is 8.13. The first-order chi connectivity index (χ1) is 14.1. The van der Waals surface area contributed by atoms with Crippen LogP contribution in [0.15, 0.2) is 42.5 Å². The Morgan fingerprint density at radius 3 is 2.69 bits per heavy atom. The number of para-hydroxylation sites is 1. The van der Waals surface area contributed by atoms with E-state index in [0.29, 0.717) is 0 Å². The Balaban J connectivity index is 1.35. The summed E-state index contributed by atoms with van der Waals surface area (Å²) in [6, 6.07) is 12.9. The number of fused-ring (bicyclic) bond motifs is 1. The molecule has 2 heterocycles. The van der Waals surface area contributed by atoms with E-state index in [2.05, 4.69) is 19.1 Å². The highest BCUT2D eigenvalue weighted by molar-refractivity contribution is 5.97. The van der Waals surface area contributed by atoms with Crippen LogP contribution in [0.25, 0.3) is 0 Å². The van der Waals surface area contributed by atoms with Gasteiger partial charge in [-0.3, -0.25) is 4.79 Å². The number of nitrogens with one attached hydrogen (secondary N) is 2. The van der Waals surface area contributed by atoms with Crippen LogP contribution in [0.4, 0.5) is 10.1 Å². The number of carbonyl (C=O) groups excluding carboxylic acids is 1. The Kier molecular flexibility index (Phi) is 5.83. The molecule has 2 aromatic carbocycles. The molecule has 6 heteroatoms. The first kappa shape index (κ1) is 19.9. The fourth-order valence-corrected chi connectivity index (χ4v) is 4.66. The lowest BCUT2D eigenvalue weighted by atomic mass is 10.1. The highest BCUT2D eigenvalue weighted by Gasteiger charge is 2.36. The smallest absolute Gasteiger partial charge is 0.284 e. The summed E-state index contributed by atoms with van der Waals surface area (Å²) in [7, 11) is 1.62. The van der Waals surface area contributed by atoms with Crippen molar-refractivity contribution in [3.63, 3.8) is 0 Å². The zero-order valence-corrected chi connectivity index (χ0v) is 17.2. The first-order valence-corrected chi connectivity index (χ1v) is 10.5. The molecule has 1 fully saturated rings. The van der Waals surface area contributed by atoms with Gasteiger partial charge in [-0.2, -0.15) is 0 Å². The van der Waals surface area contributed by atoms with Gasteiger partial charge in [-0.05, 0) is 43.2 Å². The van der Waals surface area contributed by atoms with Gasteiger partial charge in [-0.15, -0.1) is 0 Å². The van der Waals surface area contributed by atoms with E-state index in [1.807, 2.05) is 17.0 Å². The van der Waals surface area contributed by atoms with Crippen LogP contribution in [0.3, 0.4) is 0 Å². The maximum Gasteiger partial charge on any atom is 0.284 e. The molecule has 2 aliphatic rings. The minimum absolute atomic E-state index is 0.0496. The van der Waals surface area contributed by atoms with Gasteiger partial charge in [0.1, 0.15) is 44.3 Å². The van der Waals surface area contributed by atoms with Crippen LogP contribution in [0.5, 0.6) is 5.75 Å². The Hall–Kier alpha value is -2.44. The number of anilines is 1. The number of quaternary nitrogens is 2. The zero-order chi connectivity index (χ0) is 20.4. The predicted molar refractivity (Wildman–Crippen MR) is 110 cm³/mol. The van der Waals surface area contributed by atoms with Gasteiger partial charge in [0.25, 0.3) is 5.91 Å². The summed E-state index contributed by atoms with van der Waals surface area (Å²) in [4.78, 5) is 17.9. The summed E-state index contributed by atoms with van der Waals surface area (Å²) in [6.07, 6.45) is 0.942. The Bertz CT molecular complexity index is 880. The number of rotatable bonds is 5. The fraction of sp³-hybridized carbons (Fsp3) is 0.435. The quantitative estimate of drug-likeness (QED) is 0.748. The van der Waals surface area contributed by atoms with Crippen LogP contribution in [-0.2, 0) is 17.8 Å². The van der Waals surface area contributed by atoms with Crippen LogP contribution < -0.4 is 19.4 Å². The molecular formula is C23H30FN3O2+2. The number of carbonyl (C=O) groups is 1.